The Kier molecular flexibility index (Phi) is 15.3. The van der Waals surface area contributed by atoms with Crippen LogP contribution < -0.4 is 16.4 Å². The number of allylic oxidation sites excluding steroid dienone is 2. The molecule has 40 heavy (non-hydrogen) atoms. The topological polar surface area (TPSA) is 50.1 Å². The first kappa shape index (κ1) is 34.3. The predicted molar refractivity (Wildman–Crippen MR) is 178 cm³/mol. The zero-order valence-electron chi connectivity index (χ0n) is 27.0. The molecule has 3 saturated carbocycles. The van der Waals surface area contributed by atoms with Crippen molar-refractivity contribution in [1.82, 2.24) is 10.6 Å². The minimum Gasteiger partial charge on any atom is -0.399 e. The van der Waals surface area contributed by atoms with E-state index in [-0.39, 0.29) is 0 Å². The van der Waals surface area contributed by atoms with Crippen LogP contribution in [0, 0.1) is 29.6 Å². The fourth-order valence-electron chi connectivity index (χ4n) is 6.90. The van der Waals surface area contributed by atoms with Gasteiger partial charge in [0.05, 0.1) is 11.9 Å². The molecular formula is C37H65N3. The molecule has 4 unspecified atom stereocenters. The first-order valence-corrected chi connectivity index (χ1v) is 16.7. The lowest BCUT2D eigenvalue weighted by atomic mass is 9.73. The van der Waals surface area contributed by atoms with Crippen molar-refractivity contribution in [3.8, 4) is 0 Å². The fourth-order valence-corrected chi connectivity index (χ4v) is 6.90. The molecule has 0 aromatic carbocycles. The van der Waals surface area contributed by atoms with E-state index in [0.717, 1.165) is 17.3 Å². The van der Waals surface area contributed by atoms with E-state index in [1.165, 1.54) is 114 Å². The molecule has 0 aliphatic heterocycles. The van der Waals surface area contributed by atoms with Gasteiger partial charge in [-0.25, -0.2) is 0 Å². The lowest BCUT2D eigenvalue weighted by molar-refractivity contribution is 0.274. The predicted octanol–water partition coefficient (Wildman–Crippen LogP) is 9.94. The summed E-state index contributed by atoms with van der Waals surface area (Å²) in [4.78, 5) is 0. The van der Waals surface area contributed by atoms with Crippen molar-refractivity contribution in [3.05, 3.63) is 61.1 Å². The van der Waals surface area contributed by atoms with Gasteiger partial charge in [0, 0.05) is 11.7 Å². The molecule has 0 spiro atoms. The van der Waals surface area contributed by atoms with Gasteiger partial charge in [0.25, 0.3) is 0 Å². The van der Waals surface area contributed by atoms with Crippen LogP contribution >= 0.6 is 0 Å². The Morgan fingerprint density at radius 1 is 0.850 bits per heavy atom. The van der Waals surface area contributed by atoms with E-state index in [0.29, 0.717) is 41.5 Å². The highest BCUT2D eigenvalue weighted by molar-refractivity contribution is 5.24. The lowest BCUT2D eigenvalue weighted by Crippen LogP contribution is -2.45. The average Bonchev–Trinajstić information content (AvgIpc) is 3.76. The fraction of sp³-hybridized carbons (Fsp3) is 0.730. The van der Waals surface area contributed by atoms with Crippen LogP contribution in [0.2, 0.25) is 0 Å². The van der Waals surface area contributed by atoms with Crippen LogP contribution in [0.25, 0.3) is 0 Å². The second kappa shape index (κ2) is 17.8. The second-order valence-electron chi connectivity index (χ2n) is 13.6. The number of hydrogen-bond donors (Lipinski definition) is 3. The molecule has 0 bridgehead atoms. The number of rotatable bonds is 16. The summed E-state index contributed by atoms with van der Waals surface area (Å²) in [7, 11) is 0. The molecule has 3 fully saturated rings. The van der Waals surface area contributed by atoms with Crippen LogP contribution in [0.15, 0.2) is 61.1 Å². The van der Waals surface area contributed by atoms with E-state index in [4.69, 9.17) is 5.73 Å². The van der Waals surface area contributed by atoms with Gasteiger partial charge < -0.3 is 16.4 Å². The van der Waals surface area contributed by atoms with E-state index < -0.39 is 0 Å². The number of hydrogen-bond acceptors (Lipinski definition) is 3. The summed E-state index contributed by atoms with van der Waals surface area (Å²) in [5, 5.41) is 7.53. The second-order valence-corrected chi connectivity index (χ2v) is 13.6. The van der Waals surface area contributed by atoms with Gasteiger partial charge in [0.1, 0.15) is 0 Å². The molecule has 228 valence electrons. The minimum absolute atomic E-state index is 0.331. The summed E-state index contributed by atoms with van der Waals surface area (Å²) in [6.07, 6.45) is 21.1. The Morgan fingerprint density at radius 2 is 1.43 bits per heavy atom. The molecule has 3 heteroatoms. The molecule has 4 atom stereocenters. The third-order valence-corrected chi connectivity index (χ3v) is 9.92. The maximum Gasteiger partial charge on any atom is 0.0919 e. The molecule has 0 amide bonds. The van der Waals surface area contributed by atoms with Gasteiger partial charge in [0.15, 0.2) is 0 Å². The Morgan fingerprint density at radius 3 is 1.93 bits per heavy atom. The van der Waals surface area contributed by atoms with Crippen molar-refractivity contribution in [2.24, 2.45) is 35.3 Å². The molecule has 0 saturated heterocycles. The summed E-state index contributed by atoms with van der Waals surface area (Å²) < 4.78 is 0. The Bertz CT molecular complexity index is 822. The molecule has 3 rings (SSSR count). The average molecular weight is 552 g/mol. The largest absolute Gasteiger partial charge is 0.399 e. The number of nitrogens with one attached hydrogen (secondary N) is 2. The first-order valence-electron chi connectivity index (χ1n) is 16.7. The van der Waals surface area contributed by atoms with Crippen LogP contribution in [0.5, 0.6) is 0 Å². The quantitative estimate of drug-likeness (QED) is 0.132. The van der Waals surface area contributed by atoms with Gasteiger partial charge in [-0.15, -0.1) is 0 Å². The van der Waals surface area contributed by atoms with Crippen molar-refractivity contribution in [2.75, 3.05) is 0 Å². The van der Waals surface area contributed by atoms with Gasteiger partial charge >= 0.3 is 0 Å². The highest BCUT2D eigenvalue weighted by Crippen LogP contribution is 2.38. The number of nitrogens with two attached hydrogens (primary N) is 1. The lowest BCUT2D eigenvalue weighted by Gasteiger charge is -2.38. The summed E-state index contributed by atoms with van der Waals surface area (Å²) in [5.41, 5.74) is 9.90. The van der Waals surface area contributed by atoms with Crippen LogP contribution in [-0.4, -0.2) is 12.1 Å². The van der Waals surface area contributed by atoms with Crippen LogP contribution in [-0.2, 0) is 0 Å². The summed E-state index contributed by atoms with van der Waals surface area (Å²) in [6, 6.07) is 0.923. The zero-order valence-corrected chi connectivity index (χ0v) is 27.0. The van der Waals surface area contributed by atoms with E-state index in [2.05, 4.69) is 71.2 Å². The smallest absolute Gasteiger partial charge is 0.0919 e. The monoisotopic (exact) mass is 552 g/mol. The van der Waals surface area contributed by atoms with Crippen molar-refractivity contribution in [1.29, 1.82) is 0 Å². The molecule has 3 aliphatic rings. The zero-order chi connectivity index (χ0) is 29.7. The normalized spacial score (nSPS) is 21.1. The van der Waals surface area contributed by atoms with Gasteiger partial charge in [-0.3, -0.25) is 0 Å². The van der Waals surface area contributed by atoms with E-state index in [9.17, 15) is 0 Å². The van der Waals surface area contributed by atoms with Gasteiger partial charge in [-0.2, -0.15) is 0 Å². The summed E-state index contributed by atoms with van der Waals surface area (Å²) in [6.45, 7) is 30.0. The van der Waals surface area contributed by atoms with E-state index in [1.807, 2.05) is 0 Å². The molecule has 3 aliphatic carbocycles. The summed E-state index contributed by atoms with van der Waals surface area (Å²) >= 11 is 0. The van der Waals surface area contributed by atoms with Crippen molar-refractivity contribution < 1.29 is 0 Å². The van der Waals surface area contributed by atoms with Crippen molar-refractivity contribution >= 4 is 0 Å². The highest BCUT2D eigenvalue weighted by Gasteiger charge is 2.32. The minimum atomic E-state index is 0.331. The Balaban J connectivity index is 0.000000425. The molecule has 4 N–H and O–H groups in total. The van der Waals surface area contributed by atoms with Crippen molar-refractivity contribution in [2.45, 2.75) is 143 Å². The summed E-state index contributed by atoms with van der Waals surface area (Å²) in [5.74, 6) is 4.17. The number of unbranched alkanes of at least 4 members (excludes halogenated alkanes) is 1. The standard InChI is InChI=1S/C27H48N2.C10H17N/c1-7-8-19-26(20(2)3)21(4)22(5)27(24-15-11-9-12-16-24)29-23(6)28-25-17-13-10-14-18-25;1-7(6-10-4-5-10)8(2)9(3)11/h21,24-29H,2,5-19H2,1,3-4H3;7,10H,2-6,11H2,1H3. The Hall–Kier alpha value is -1.90. The van der Waals surface area contributed by atoms with Crippen LogP contribution in [0.1, 0.15) is 130 Å². The maximum atomic E-state index is 5.54. The molecule has 3 nitrogen and oxygen atoms in total. The molecule has 0 heterocycles. The third kappa shape index (κ3) is 11.9. The highest BCUT2D eigenvalue weighted by atomic mass is 15.1. The Labute approximate surface area is 249 Å². The molecule has 0 aromatic rings. The van der Waals surface area contributed by atoms with Crippen LogP contribution in [0.3, 0.4) is 0 Å². The van der Waals surface area contributed by atoms with E-state index in [1.54, 1.807) is 0 Å². The molecule has 0 aromatic heterocycles. The van der Waals surface area contributed by atoms with Crippen molar-refractivity contribution in [3.63, 3.8) is 0 Å². The van der Waals surface area contributed by atoms with Gasteiger partial charge in [-0.1, -0.05) is 129 Å². The maximum absolute atomic E-state index is 5.54. The first-order chi connectivity index (χ1) is 19.0. The molecular weight excluding hydrogens is 486 g/mol. The third-order valence-electron chi connectivity index (χ3n) is 9.92. The van der Waals surface area contributed by atoms with Crippen LogP contribution in [0.4, 0.5) is 0 Å². The van der Waals surface area contributed by atoms with Gasteiger partial charge in [-0.05, 0) is 80.6 Å². The molecule has 0 radical (unpaired) electrons. The van der Waals surface area contributed by atoms with Gasteiger partial charge in [0.2, 0.25) is 0 Å². The van der Waals surface area contributed by atoms with E-state index >= 15 is 0 Å². The SMILES string of the molecule is C=C(N)C(=C)C(C)CC1CC1.C=C(NC1CCCCC1)NC(C(=C)C(C)C(CCCC)C(=C)C)C1CCCCC1.